The van der Waals surface area contributed by atoms with Crippen molar-refractivity contribution in [3.63, 3.8) is 0 Å². The second-order valence-electron chi connectivity index (χ2n) is 6.18. The Morgan fingerprint density at radius 3 is 3.22 bits per heavy atom. The van der Waals surface area contributed by atoms with Crippen LogP contribution in [0.5, 0.6) is 0 Å². The minimum absolute atomic E-state index is 0.0510. The van der Waals surface area contributed by atoms with Gasteiger partial charge in [0.15, 0.2) is 5.82 Å². The summed E-state index contributed by atoms with van der Waals surface area (Å²) in [6, 6.07) is 2.19. The molecule has 6 nitrogen and oxygen atoms in total. The van der Waals surface area contributed by atoms with Crippen molar-refractivity contribution >= 4 is 17.2 Å². The van der Waals surface area contributed by atoms with Crippen molar-refractivity contribution in [1.82, 2.24) is 20.1 Å². The van der Waals surface area contributed by atoms with Crippen molar-refractivity contribution in [1.29, 1.82) is 0 Å². The highest BCUT2D eigenvalue weighted by Crippen LogP contribution is 2.30. The first-order valence-corrected chi connectivity index (χ1v) is 8.88. The Kier molecular flexibility index (Phi) is 3.90. The number of ether oxygens (including phenoxy) is 1. The highest BCUT2D eigenvalue weighted by Gasteiger charge is 2.25. The number of aromatic nitrogens is 3. The van der Waals surface area contributed by atoms with Crippen LogP contribution < -0.4 is 5.32 Å². The molecule has 122 valence electrons. The summed E-state index contributed by atoms with van der Waals surface area (Å²) in [5, 5.41) is 7.60. The zero-order valence-corrected chi connectivity index (χ0v) is 14.0. The number of fused-ring (bicyclic) bond motifs is 2. The Morgan fingerprint density at radius 2 is 2.39 bits per heavy atom. The van der Waals surface area contributed by atoms with Gasteiger partial charge in [-0.15, -0.1) is 11.3 Å². The number of aryl methyl sites for hydroxylation is 3. The van der Waals surface area contributed by atoms with E-state index in [0.717, 1.165) is 36.4 Å². The van der Waals surface area contributed by atoms with E-state index in [1.807, 2.05) is 4.68 Å². The molecule has 0 bridgehead atoms. The maximum absolute atomic E-state index is 12.5. The van der Waals surface area contributed by atoms with Gasteiger partial charge in [0, 0.05) is 24.4 Å². The first-order chi connectivity index (χ1) is 11.2. The Hall–Kier alpha value is -1.73. The molecule has 1 aliphatic heterocycles. The van der Waals surface area contributed by atoms with E-state index in [4.69, 9.17) is 4.74 Å². The van der Waals surface area contributed by atoms with Gasteiger partial charge in [0.25, 0.3) is 5.91 Å². The fourth-order valence-electron chi connectivity index (χ4n) is 3.37. The van der Waals surface area contributed by atoms with Crippen LogP contribution in [-0.4, -0.2) is 33.8 Å². The van der Waals surface area contributed by atoms with Crippen molar-refractivity contribution < 1.29 is 9.53 Å². The van der Waals surface area contributed by atoms with E-state index in [-0.39, 0.29) is 11.9 Å². The van der Waals surface area contributed by atoms with Crippen LogP contribution in [0.4, 0.5) is 0 Å². The van der Waals surface area contributed by atoms with Crippen LogP contribution in [0.25, 0.3) is 0 Å². The minimum atomic E-state index is 0.0510. The zero-order valence-electron chi connectivity index (χ0n) is 13.2. The van der Waals surface area contributed by atoms with Crippen molar-refractivity contribution in [2.45, 2.75) is 51.3 Å². The van der Waals surface area contributed by atoms with E-state index >= 15 is 0 Å². The largest absolute Gasteiger partial charge is 0.377 e. The standard InChI is InChI=1S/C16H20N4O2S/c1-22-9-14-18-15-6-5-11(8-20(15)19-14)17-16(21)13-7-10-3-2-4-12(10)23-13/h7,11H,2-6,8-9H2,1H3,(H,17,21). The van der Waals surface area contributed by atoms with E-state index in [9.17, 15) is 4.79 Å². The molecule has 0 fully saturated rings. The molecule has 2 aromatic rings. The number of carbonyl (C=O) groups is 1. The van der Waals surface area contributed by atoms with Gasteiger partial charge in [-0.05, 0) is 37.3 Å². The third-order valence-corrected chi connectivity index (χ3v) is 5.72. The van der Waals surface area contributed by atoms with Crippen LogP contribution in [0.1, 0.15) is 44.6 Å². The lowest BCUT2D eigenvalue weighted by Crippen LogP contribution is -2.41. The van der Waals surface area contributed by atoms with Crippen LogP contribution in [0.15, 0.2) is 6.07 Å². The van der Waals surface area contributed by atoms with Gasteiger partial charge in [0.05, 0.1) is 11.4 Å². The van der Waals surface area contributed by atoms with Gasteiger partial charge in [-0.1, -0.05) is 0 Å². The number of rotatable bonds is 4. The number of carbonyl (C=O) groups excluding carboxylic acids is 1. The van der Waals surface area contributed by atoms with Gasteiger partial charge in [-0.25, -0.2) is 9.67 Å². The maximum Gasteiger partial charge on any atom is 0.261 e. The second-order valence-corrected chi connectivity index (χ2v) is 7.32. The number of thiophene rings is 1. The van der Waals surface area contributed by atoms with E-state index in [0.29, 0.717) is 19.0 Å². The van der Waals surface area contributed by atoms with Crippen molar-refractivity contribution in [2.75, 3.05) is 7.11 Å². The third-order valence-electron chi connectivity index (χ3n) is 4.48. The Labute approximate surface area is 138 Å². The van der Waals surface area contributed by atoms with E-state index in [2.05, 4.69) is 21.5 Å². The monoisotopic (exact) mass is 332 g/mol. The van der Waals surface area contributed by atoms with Crippen LogP contribution in [0, 0.1) is 0 Å². The molecule has 1 aliphatic carbocycles. The lowest BCUT2D eigenvalue weighted by molar-refractivity contribution is 0.0930. The van der Waals surface area contributed by atoms with Gasteiger partial charge >= 0.3 is 0 Å². The van der Waals surface area contributed by atoms with E-state index in [1.165, 1.54) is 16.9 Å². The molecule has 4 rings (SSSR count). The highest BCUT2D eigenvalue weighted by molar-refractivity contribution is 7.14. The SMILES string of the molecule is COCc1nc2n(n1)CC(NC(=O)c1cc3c(s1)CCC3)CC2. The number of methoxy groups -OCH3 is 1. The molecule has 1 unspecified atom stereocenters. The summed E-state index contributed by atoms with van der Waals surface area (Å²) in [5.41, 5.74) is 1.37. The summed E-state index contributed by atoms with van der Waals surface area (Å²) in [6.45, 7) is 1.11. The Bertz CT molecular complexity index is 715. The van der Waals surface area contributed by atoms with Crippen molar-refractivity contribution in [2.24, 2.45) is 0 Å². The normalized spacial score (nSPS) is 19.4. The molecule has 2 aliphatic rings. The molecule has 0 spiro atoms. The molecule has 0 saturated carbocycles. The molecule has 1 N–H and O–H groups in total. The van der Waals surface area contributed by atoms with Crippen LogP contribution >= 0.6 is 11.3 Å². The van der Waals surface area contributed by atoms with E-state index < -0.39 is 0 Å². The Morgan fingerprint density at radius 1 is 1.48 bits per heavy atom. The molecule has 2 aromatic heterocycles. The first-order valence-electron chi connectivity index (χ1n) is 8.07. The van der Waals surface area contributed by atoms with Gasteiger partial charge in [-0.2, -0.15) is 5.10 Å². The van der Waals surface area contributed by atoms with Crippen LogP contribution in [-0.2, 0) is 37.2 Å². The van der Waals surface area contributed by atoms with Crippen molar-refractivity contribution in [3.8, 4) is 0 Å². The average molecular weight is 332 g/mol. The highest BCUT2D eigenvalue weighted by atomic mass is 32.1. The van der Waals surface area contributed by atoms with E-state index in [1.54, 1.807) is 18.4 Å². The smallest absolute Gasteiger partial charge is 0.261 e. The lowest BCUT2D eigenvalue weighted by atomic mass is 10.1. The molecule has 23 heavy (non-hydrogen) atoms. The number of hydrogen-bond donors (Lipinski definition) is 1. The molecule has 0 radical (unpaired) electrons. The third kappa shape index (κ3) is 2.90. The molecular formula is C16H20N4O2S. The summed E-state index contributed by atoms with van der Waals surface area (Å²) in [7, 11) is 1.64. The molecule has 0 saturated heterocycles. The summed E-state index contributed by atoms with van der Waals surface area (Å²) in [5.74, 6) is 1.75. The van der Waals surface area contributed by atoms with Crippen LogP contribution in [0.2, 0.25) is 0 Å². The van der Waals surface area contributed by atoms with Gasteiger partial charge in [0.1, 0.15) is 12.4 Å². The molecular weight excluding hydrogens is 312 g/mol. The number of nitrogens with zero attached hydrogens (tertiary/aromatic N) is 3. The molecule has 3 heterocycles. The molecule has 7 heteroatoms. The summed E-state index contributed by atoms with van der Waals surface area (Å²) >= 11 is 1.65. The predicted octanol–water partition coefficient (Wildman–Crippen LogP) is 1.72. The molecule has 1 atom stereocenters. The number of amides is 1. The lowest BCUT2D eigenvalue weighted by Gasteiger charge is -2.23. The Balaban J connectivity index is 1.41. The maximum atomic E-state index is 12.5. The summed E-state index contributed by atoms with van der Waals surface area (Å²) in [6.07, 6.45) is 5.21. The zero-order chi connectivity index (χ0) is 15.8. The van der Waals surface area contributed by atoms with Crippen LogP contribution in [0.3, 0.4) is 0 Å². The summed E-state index contributed by atoms with van der Waals surface area (Å²) in [4.78, 5) is 19.2. The van der Waals surface area contributed by atoms with Gasteiger partial charge < -0.3 is 10.1 Å². The fourth-order valence-corrected chi connectivity index (χ4v) is 4.52. The topological polar surface area (TPSA) is 69.0 Å². The van der Waals surface area contributed by atoms with Gasteiger partial charge in [0.2, 0.25) is 0 Å². The predicted molar refractivity (Wildman–Crippen MR) is 86.7 cm³/mol. The quantitative estimate of drug-likeness (QED) is 0.925. The number of nitrogens with one attached hydrogen (secondary N) is 1. The average Bonchev–Trinajstić information content (AvgIpc) is 3.19. The van der Waals surface area contributed by atoms with Gasteiger partial charge in [-0.3, -0.25) is 4.79 Å². The summed E-state index contributed by atoms with van der Waals surface area (Å²) < 4.78 is 6.98. The molecule has 0 aromatic carbocycles. The second kappa shape index (κ2) is 6.05. The minimum Gasteiger partial charge on any atom is -0.377 e. The number of hydrogen-bond acceptors (Lipinski definition) is 5. The molecule has 1 amide bonds. The fraction of sp³-hybridized carbons (Fsp3) is 0.562. The van der Waals surface area contributed by atoms with Crippen molar-refractivity contribution in [3.05, 3.63) is 33.0 Å². The first kappa shape index (κ1) is 14.8.